The SMILES string of the molecule is Cc1cncc(CNCCO)c1. The molecular formula is C9H14N2O. The third-order valence-electron chi connectivity index (χ3n) is 1.55. The molecule has 1 rings (SSSR count). The molecule has 0 unspecified atom stereocenters. The Labute approximate surface area is 72.5 Å². The van der Waals surface area contributed by atoms with Crippen LogP contribution in [0.25, 0.3) is 0 Å². The van der Waals surface area contributed by atoms with Gasteiger partial charge in [0, 0.05) is 25.5 Å². The molecule has 66 valence electrons. The fourth-order valence-corrected chi connectivity index (χ4v) is 1.03. The summed E-state index contributed by atoms with van der Waals surface area (Å²) in [7, 11) is 0. The number of hydrogen-bond donors (Lipinski definition) is 2. The Morgan fingerprint density at radius 1 is 1.50 bits per heavy atom. The summed E-state index contributed by atoms with van der Waals surface area (Å²) in [6.07, 6.45) is 3.66. The molecule has 1 aromatic heterocycles. The molecule has 0 atom stereocenters. The summed E-state index contributed by atoms with van der Waals surface area (Å²) in [5, 5.41) is 11.6. The average Bonchev–Trinajstić information content (AvgIpc) is 2.05. The molecule has 0 saturated heterocycles. The molecule has 0 fully saturated rings. The molecule has 0 bridgehead atoms. The van der Waals surface area contributed by atoms with Crippen LogP contribution in [-0.2, 0) is 6.54 Å². The van der Waals surface area contributed by atoms with Crippen LogP contribution in [0.4, 0.5) is 0 Å². The van der Waals surface area contributed by atoms with Crippen molar-refractivity contribution in [2.24, 2.45) is 0 Å². The van der Waals surface area contributed by atoms with E-state index in [1.807, 2.05) is 19.3 Å². The Hall–Kier alpha value is -0.930. The van der Waals surface area contributed by atoms with Gasteiger partial charge < -0.3 is 10.4 Å². The predicted molar refractivity (Wildman–Crippen MR) is 47.8 cm³/mol. The Balaban J connectivity index is 2.41. The molecule has 0 aliphatic rings. The molecule has 0 aliphatic heterocycles. The zero-order valence-corrected chi connectivity index (χ0v) is 7.25. The van der Waals surface area contributed by atoms with Gasteiger partial charge in [0.1, 0.15) is 0 Å². The lowest BCUT2D eigenvalue weighted by Crippen LogP contribution is -2.17. The van der Waals surface area contributed by atoms with Crippen molar-refractivity contribution >= 4 is 0 Å². The molecule has 0 aliphatic carbocycles. The molecule has 1 heterocycles. The quantitative estimate of drug-likeness (QED) is 0.639. The summed E-state index contributed by atoms with van der Waals surface area (Å²) in [5.74, 6) is 0. The molecular weight excluding hydrogens is 152 g/mol. The Bertz CT molecular complexity index is 238. The first-order chi connectivity index (χ1) is 5.83. The number of aliphatic hydroxyl groups excluding tert-OH is 1. The molecule has 0 spiro atoms. The highest BCUT2D eigenvalue weighted by Gasteiger charge is 1.92. The summed E-state index contributed by atoms with van der Waals surface area (Å²) >= 11 is 0. The Morgan fingerprint density at radius 3 is 3.00 bits per heavy atom. The van der Waals surface area contributed by atoms with Crippen LogP contribution < -0.4 is 5.32 Å². The highest BCUT2D eigenvalue weighted by molar-refractivity contribution is 5.16. The van der Waals surface area contributed by atoms with E-state index in [0.29, 0.717) is 6.54 Å². The van der Waals surface area contributed by atoms with Crippen molar-refractivity contribution < 1.29 is 5.11 Å². The van der Waals surface area contributed by atoms with E-state index in [9.17, 15) is 0 Å². The number of aryl methyl sites for hydroxylation is 1. The van der Waals surface area contributed by atoms with E-state index in [1.54, 1.807) is 0 Å². The van der Waals surface area contributed by atoms with Gasteiger partial charge in [-0.2, -0.15) is 0 Å². The van der Waals surface area contributed by atoms with Crippen LogP contribution in [0.15, 0.2) is 18.5 Å². The highest BCUT2D eigenvalue weighted by atomic mass is 16.3. The number of hydrogen-bond acceptors (Lipinski definition) is 3. The number of aliphatic hydroxyl groups is 1. The fourth-order valence-electron chi connectivity index (χ4n) is 1.03. The van der Waals surface area contributed by atoms with Crippen molar-refractivity contribution in [3.8, 4) is 0 Å². The number of nitrogens with zero attached hydrogens (tertiary/aromatic N) is 1. The van der Waals surface area contributed by atoms with Crippen molar-refractivity contribution in [3.63, 3.8) is 0 Å². The zero-order chi connectivity index (χ0) is 8.81. The van der Waals surface area contributed by atoms with Crippen LogP contribution in [0.3, 0.4) is 0 Å². The molecule has 2 N–H and O–H groups in total. The van der Waals surface area contributed by atoms with Gasteiger partial charge in [-0.25, -0.2) is 0 Å². The first-order valence-electron chi connectivity index (χ1n) is 4.05. The number of aromatic nitrogens is 1. The van der Waals surface area contributed by atoms with E-state index in [4.69, 9.17) is 5.11 Å². The minimum Gasteiger partial charge on any atom is -0.395 e. The second kappa shape index (κ2) is 4.85. The van der Waals surface area contributed by atoms with E-state index < -0.39 is 0 Å². The van der Waals surface area contributed by atoms with Gasteiger partial charge in [-0.3, -0.25) is 4.98 Å². The lowest BCUT2D eigenvalue weighted by molar-refractivity contribution is 0.292. The first kappa shape index (κ1) is 9.16. The summed E-state index contributed by atoms with van der Waals surface area (Å²) in [6.45, 7) is 3.60. The maximum atomic E-state index is 8.52. The number of pyridine rings is 1. The van der Waals surface area contributed by atoms with Crippen molar-refractivity contribution in [3.05, 3.63) is 29.6 Å². The van der Waals surface area contributed by atoms with Crippen molar-refractivity contribution in [1.82, 2.24) is 10.3 Å². The van der Waals surface area contributed by atoms with Gasteiger partial charge in [0.05, 0.1) is 6.61 Å². The third kappa shape index (κ3) is 2.98. The van der Waals surface area contributed by atoms with Crippen LogP contribution in [0, 0.1) is 6.92 Å². The van der Waals surface area contributed by atoms with Crippen molar-refractivity contribution in [1.29, 1.82) is 0 Å². The van der Waals surface area contributed by atoms with Crippen LogP contribution in [0.5, 0.6) is 0 Å². The minimum absolute atomic E-state index is 0.180. The predicted octanol–water partition coefficient (Wildman–Crippen LogP) is 0.472. The average molecular weight is 166 g/mol. The lowest BCUT2D eigenvalue weighted by Gasteiger charge is -2.02. The highest BCUT2D eigenvalue weighted by Crippen LogP contribution is 1.99. The van der Waals surface area contributed by atoms with Gasteiger partial charge in [0.25, 0.3) is 0 Å². The van der Waals surface area contributed by atoms with Crippen LogP contribution in [0.1, 0.15) is 11.1 Å². The van der Waals surface area contributed by atoms with Crippen LogP contribution in [-0.4, -0.2) is 23.2 Å². The van der Waals surface area contributed by atoms with E-state index in [2.05, 4.69) is 16.4 Å². The number of nitrogens with one attached hydrogen (secondary N) is 1. The summed E-state index contributed by atoms with van der Waals surface area (Å²) in [6, 6.07) is 2.08. The Kier molecular flexibility index (Phi) is 3.70. The largest absolute Gasteiger partial charge is 0.395 e. The van der Waals surface area contributed by atoms with E-state index >= 15 is 0 Å². The van der Waals surface area contributed by atoms with Crippen LogP contribution in [0.2, 0.25) is 0 Å². The second-order valence-corrected chi connectivity index (χ2v) is 2.77. The third-order valence-corrected chi connectivity index (χ3v) is 1.55. The number of rotatable bonds is 4. The van der Waals surface area contributed by atoms with E-state index in [0.717, 1.165) is 12.1 Å². The lowest BCUT2D eigenvalue weighted by atomic mass is 10.2. The minimum atomic E-state index is 0.180. The first-order valence-corrected chi connectivity index (χ1v) is 4.05. The molecule has 0 saturated carbocycles. The van der Waals surface area contributed by atoms with Gasteiger partial charge >= 0.3 is 0 Å². The van der Waals surface area contributed by atoms with Gasteiger partial charge in [-0.05, 0) is 18.1 Å². The molecule has 12 heavy (non-hydrogen) atoms. The molecule has 0 aromatic carbocycles. The van der Waals surface area contributed by atoms with Crippen molar-refractivity contribution in [2.75, 3.05) is 13.2 Å². The van der Waals surface area contributed by atoms with Gasteiger partial charge in [-0.15, -0.1) is 0 Å². The summed E-state index contributed by atoms with van der Waals surface area (Å²) in [5.41, 5.74) is 2.32. The fraction of sp³-hybridized carbons (Fsp3) is 0.444. The van der Waals surface area contributed by atoms with Crippen LogP contribution >= 0.6 is 0 Å². The van der Waals surface area contributed by atoms with E-state index in [1.165, 1.54) is 5.56 Å². The van der Waals surface area contributed by atoms with Gasteiger partial charge in [0.2, 0.25) is 0 Å². The zero-order valence-electron chi connectivity index (χ0n) is 7.25. The monoisotopic (exact) mass is 166 g/mol. The summed E-state index contributed by atoms with van der Waals surface area (Å²) < 4.78 is 0. The molecule has 0 radical (unpaired) electrons. The van der Waals surface area contributed by atoms with Crippen molar-refractivity contribution in [2.45, 2.75) is 13.5 Å². The maximum Gasteiger partial charge on any atom is 0.0556 e. The normalized spacial score (nSPS) is 10.2. The van der Waals surface area contributed by atoms with E-state index in [-0.39, 0.29) is 6.61 Å². The van der Waals surface area contributed by atoms with Gasteiger partial charge in [-0.1, -0.05) is 6.07 Å². The Morgan fingerprint density at radius 2 is 2.33 bits per heavy atom. The molecule has 3 heteroatoms. The smallest absolute Gasteiger partial charge is 0.0556 e. The molecule has 0 amide bonds. The summed E-state index contributed by atoms with van der Waals surface area (Å²) in [4.78, 5) is 4.06. The maximum absolute atomic E-state index is 8.52. The molecule has 1 aromatic rings. The van der Waals surface area contributed by atoms with Gasteiger partial charge in [0.15, 0.2) is 0 Å². The molecule has 3 nitrogen and oxygen atoms in total. The standard InChI is InChI=1S/C9H14N2O/c1-8-4-9(7-11-5-8)6-10-2-3-12/h4-5,7,10,12H,2-3,6H2,1H3. The topological polar surface area (TPSA) is 45.2 Å². The second-order valence-electron chi connectivity index (χ2n) is 2.77.